The van der Waals surface area contributed by atoms with Crippen LogP contribution in [0.25, 0.3) is 0 Å². The normalized spacial score (nSPS) is 12.2. The number of benzene rings is 1. The molecular formula is C13H18BrNO2. The Hall–Kier alpha value is -0.870. The summed E-state index contributed by atoms with van der Waals surface area (Å²) in [5.41, 5.74) is 1.55. The molecule has 1 aromatic rings. The van der Waals surface area contributed by atoms with Crippen molar-refractivity contribution in [3.05, 3.63) is 33.8 Å². The lowest BCUT2D eigenvalue weighted by Crippen LogP contribution is -2.32. The van der Waals surface area contributed by atoms with E-state index < -0.39 is 6.10 Å². The molecule has 3 nitrogen and oxygen atoms in total. The van der Waals surface area contributed by atoms with Crippen LogP contribution in [0.15, 0.2) is 22.7 Å². The van der Waals surface area contributed by atoms with Crippen LogP contribution in [0.3, 0.4) is 0 Å². The van der Waals surface area contributed by atoms with Gasteiger partial charge < -0.3 is 10.4 Å². The Labute approximate surface area is 110 Å². The van der Waals surface area contributed by atoms with Gasteiger partial charge in [0.1, 0.15) is 0 Å². The highest BCUT2D eigenvalue weighted by Crippen LogP contribution is 2.19. The molecule has 1 unspecified atom stereocenters. The molecule has 94 valence electrons. The SMILES string of the molecule is CCCC(O)CNC(=O)c1cccc(Br)c1C. The predicted octanol–water partition coefficient (Wildman–Crippen LogP) is 2.65. The van der Waals surface area contributed by atoms with Gasteiger partial charge >= 0.3 is 0 Å². The van der Waals surface area contributed by atoms with Crippen LogP contribution in [-0.4, -0.2) is 23.7 Å². The maximum absolute atomic E-state index is 11.9. The summed E-state index contributed by atoms with van der Waals surface area (Å²) in [6.45, 7) is 4.20. The van der Waals surface area contributed by atoms with Crippen LogP contribution in [0.5, 0.6) is 0 Å². The lowest BCUT2D eigenvalue weighted by molar-refractivity contribution is 0.0909. The van der Waals surface area contributed by atoms with Crippen LogP contribution in [0.4, 0.5) is 0 Å². The molecule has 0 aliphatic heterocycles. The molecule has 1 amide bonds. The zero-order valence-corrected chi connectivity index (χ0v) is 11.8. The maximum atomic E-state index is 11.9. The van der Waals surface area contributed by atoms with E-state index in [4.69, 9.17) is 0 Å². The van der Waals surface area contributed by atoms with Crippen molar-refractivity contribution in [2.45, 2.75) is 32.8 Å². The second-order valence-corrected chi connectivity index (χ2v) is 4.92. The fraction of sp³-hybridized carbons (Fsp3) is 0.462. The number of rotatable bonds is 5. The molecule has 0 aliphatic rings. The minimum atomic E-state index is -0.462. The highest BCUT2D eigenvalue weighted by Gasteiger charge is 2.11. The second kappa shape index (κ2) is 6.77. The Bertz CT molecular complexity index is 393. The largest absolute Gasteiger partial charge is 0.391 e. The van der Waals surface area contributed by atoms with Gasteiger partial charge in [0.2, 0.25) is 0 Å². The molecule has 0 radical (unpaired) electrons. The number of carbonyl (C=O) groups excluding carboxylic acids is 1. The van der Waals surface area contributed by atoms with Gasteiger partial charge in [-0.25, -0.2) is 0 Å². The molecule has 0 heterocycles. The molecule has 1 aromatic carbocycles. The first-order valence-corrected chi connectivity index (χ1v) is 6.57. The van der Waals surface area contributed by atoms with E-state index in [0.29, 0.717) is 18.5 Å². The lowest BCUT2D eigenvalue weighted by Gasteiger charge is -2.12. The number of amides is 1. The fourth-order valence-corrected chi connectivity index (χ4v) is 1.96. The molecule has 0 bridgehead atoms. The summed E-state index contributed by atoms with van der Waals surface area (Å²) in [4.78, 5) is 11.9. The zero-order valence-electron chi connectivity index (χ0n) is 10.2. The van der Waals surface area contributed by atoms with Crippen LogP contribution < -0.4 is 5.32 Å². The van der Waals surface area contributed by atoms with Gasteiger partial charge in [-0.2, -0.15) is 0 Å². The van der Waals surface area contributed by atoms with Gasteiger partial charge in [0.05, 0.1) is 6.10 Å². The Morgan fingerprint density at radius 1 is 1.53 bits per heavy atom. The van der Waals surface area contributed by atoms with Crippen molar-refractivity contribution in [1.29, 1.82) is 0 Å². The van der Waals surface area contributed by atoms with Gasteiger partial charge in [-0.05, 0) is 31.0 Å². The molecule has 0 fully saturated rings. The highest BCUT2D eigenvalue weighted by molar-refractivity contribution is 9.10. The molecule has 4 heteroatoms. The molecule has 0 spiro atoms. The Balaban J connectivity index is 2.61. The fourth-order valence-electron chi connectivity index (χ4n) is 1.59. The molecule has 0 aliphatic carbocycles. The topological polar surface area (TPSA) is 49.3 Å². The van der Waals surface area contributed by atoms with Gasteiger partial charge in [-0.3, -0.25) is 4.79 Å². The number of nitrogens with one attached hydrogen (secondary N) is 1. The van der Waals surface area contributed by atoms with Crippen LogP contribution in [-0.2, 0) is 0 Å². The molecule has 1 atom stereocenters. The van der Waals surface area contributed by atoms with Gasteiger partial charge in [-0.15, -0.1) is 0 Å². The van der Waals surface area contributed by atoms with E-state index >= 15 is 0 Å². The maximum Gasteiger partial charge on any atom is 0.251 e. The van der Waals surface area contributed by atoms with E-state index in [0.717, 1.165) is 16.5 Å². The number of halogens is 1. The number of hydrogen-bond acceptors (Lipinski definition) is 2. The standard InChI is InChI=1S/C13H18BrNO2/c1-3-5-10(16)8-15-13(17)11-6-4-7-12(14)9(11)2/h4,6-7,10,16H,3,5,8H2,1-2H3,(H,15,17). The van der Waals surface area contributed by atoms with E-state index in [9.17, 15) is 9.90 Å². The molecule has 0 aromatic heterocycles. The van der Waals surface area contributed by atoms with Crippen molar-refractivity contribution in [2.24, 2.45) is 0 Å². The second-order valence-electron chi connectivity index (χ2n) is 4.06. The monoisotopic (exact) mass is 299 g/mol. The third-order valence-corrected chi connectivity index (χ3v) is 3.49. The summed E-state index contributed by atoms with van der Waals surface area (Å²) in [7, 11) is 0. The average molecular weight is 300 g/mol. The van der Waals surface area contributed by atoms with Crippen LogP contribution in [0.2, 0.25) is 0 Å². The molecule has 0 saturated carbocycles. The van der Waals surface area contributed by atoms with Crippen molar-refractivity contribution in [1.82, 2.24) is 5.32 Å². The summed E-state index contributed by atoms with van der Waals surface area (Å²) in [6.07, 6.45) is 1.15. The predicted molar refractivity (Wildman–Crippen MR) is 72.1 cm³/mol. The van der Waals surface area contributed by atoms with Crippen LogP contribution in [0, 0.1) is 6.92 Å². The summed E-state index contributed by atoms with van der Waals surface area (Å²) in [5, 5.41) is 12.3. The Kier molecular flexibility index (Phi) is 5.65. The number of carbonyl (C=O) groups is 1. The number of hydrogen-bond donors (Lipinski definition) is 2. The van der Waals surface area contributed by atoms with E-state index in [2.05, 4.69) is 21.2 Å². The van der Waals surface area contributed by atoms with Crippen molar-refractivity contribution < 1.29 is 9.90 Å². The molecule has 1 rings (SSSR count). The molecule has 17 heavy (non-hydrogen) atoms. The van der Waals surface area contributed by atoms with Gasteiger partial charge in [0.15, 0.2) is 0 Å². The third-order valence-electron chi connectivity index (χ3n) is 2.63. The quantitative estimate of drug-likeness (QED) is 0.878. The molecular weight excluding hydrogens is 282 g/mol. The summed E-state index contributed by atoms with van der Waals surface area (Å²) < 4.78 is 0.916. The van der Waals surface area contributed by atoms with Crippen LogP contribution in [0.1, 0.15) is 35.7 Å². The van der Waals surface area contributed by atoms with E-state index in [1.807, 2.05) is 26.0 Å². The summed E-state index contributed by atoms with van der Waals surface area (Å²) >= 11 is 3.39. The third kappa shape index (κ3) is 4.13. The minimum absolute atomic E-state index is 0.140. The van der Waals surface area contributed by atoms with E-state index in [1.54, 1.807) is 6.07 Å². The smallest absolute Gasteiger partial charge is 0.251 e. The number of aliphatic hydroxyl groups is 1. The van der Waals surface area contributed by atoms with E-state index in [-0.39, 0.29) is 5.91 Å². The highest BCUT2D eigenvalue weighted by atomic mass is 79.9. The molecule has 2 N–H and O–H groups in total. The van der Waals surface area contributed by atoms with Crippen molar-refractivity contribution in [3.63, 3.8) is 0 Å². The zero-order chi connectivity index (χ0) is 12.8. The summed E-state index contributed by atoms with van der Waals surface area (Å²) in [6, 6.07) is 5.51. The van der Waals surface area contributed by atoms with Crippen molar-refractivity contribution in [3.8, 4) is 0 Å². The van der Waals surface area contributed by atoms with Crippen molar-refractivity contribution in [2.75, 3.05) is 6.54 Å². The average Bonchev–Trinajstić information content (AvgIpc) is 2.30. The minimum Gasteiger partial charge on any atom is -0.391 e. The Morgan fingerprint density at radius 3 is 2.88 bits per heavy atom. The first-order chi connectivity index (χ1) is 8.06. The van der Waals surface area contributed by atoms with Gasteiger partial charge in [0.25, 0.3) is 5.91 Å². The summed E-state index contributed by atoms with van der Waals surface area (Å²) in [5.74, 6) is -0.140. The lowest BCUT2D eigenvalue weighted by atomic mass is 10.1. The Morgan fingerprint density at radius 2 is 2.24 bits per heavy atom. The molecule has 0 saturated heterocycles. The van der Waals surface area contributed by atoms with Crippen molar-refractivity contribution >= 4 is 21.8 Å². The van der Waals surface area contributed by atoms with Gasteiger partial charge in [0, 0.05) is 16.6 Å². The van der Waals surface area contributed by atoms with Gasteiger partial charge in [-0.1, -0.05) is 35.3 Å². The van der Waals surface area contributed by atoms with E-state index in [1.165, 1.54) is 0 Å². The first kappa shape index (κ1) is 14.2. The number of aliphatic hydroxyl groups excluding tert-OH is 1. The van der Waals surface area contributed by atoms with Crippen LogP contribution >= 0.6 is 15.9 Å². The first-order valence-electron chi connectivity index (χ1n) is 5.77.